The summed E-state index contributed by atoms with van der Waals surface area (Å²) in [5.74, 6) is 0.594. The van der Waals surface area contributed by atoms with Gasteiger partial charge in [-0.3, -0.25) is 0 Å². The van der Waals surface area contributed by atoms with Crippen molar-refractivity contribution in [2.24, 2.45) is 0 Å². The van der Waals surface area contributed by atoms with Crippen LogP contribution in [0.25, 0.3) is 0 Å². The monoisotopic (exact) mass is 231 g/mol. The second kappa shape index (κ2) is 5.88. The zero-order chi connectivity index (χ0) is 9.80. The molecule has 5 heteroatoms. The van der Waals surface area contributed by atoms with Crippen molar-refractivity contribution >= 4 is 18.2 Å². The van der Waals surface area contributed by atoms with Crippen molar-refractivity contribution in [1.82, 2.24) is 10.3 Å². The van der Waals surface area contributed by atoms with Gasteiger partial charge in [-0.15, -0.1) is 12.4 Å². The SMILES string of the molecule is Cl.Fc1ccc(N2CCCNCC2)nc1. The van der Waals surface area contributed by atoms with Gasteiger partial charge in [-0.05, 0) is 25.1 Å². The lowest BCUT2D eigenvalue weighted by molar-refractivity contribution is 0.620. The Morgan fingerprint density at radius 1 is 1.27 bits per heavy atom. The van der Waals surface area contributed by atoms with Crippen molar-refractivity contribution in [3.05, 3.63) is 24.1 Å². The molecule has 1 aromatic heterocycles. The molecule has 1 saturated heterocycles. The predicted molar refractivity (Wildman–Crippen MR) is 61.1 cm³/mol. The molecule has 1 aromatic rings. The first-order valence-corrected chi connectivity index (χ1v) is 4.93. The van der Waals surface area contributed by atoms with Crippen LogP contribution in [0.2, 0.25) is 0 Å². The Bertz CT molecular complexity index is 283. The molecule has 0 radical (unpaired) electrons. The number of hydrogen-bond acceptors (Lipinski definition) is 3. The summed E-state index contributed by atoms with van der Waals surface area (Å²) >= 11 is 0. The van der Waals surface area contributed by atoms with Crippen molar-refractivity contribution in [1.29, 1.82) is 0 Å². The highest BCUT2D eigenvalue weighted by molar-refractivity contribution is 5.85. The van der Waals surface area contributed by atoms with Crippen molar-refractivity contribution in [3.8, 4) is 0 Å². The molecule has 3 nitrogen and oxygen atoms in total. The lowest BCUT2D eigenvalue weighted by Crippen LogP contribution is -2.28. The Morgan fingerprint density at radius 3 is 2.87 bits per heavy atom. The number of nitrogens with one attached hydrogen (secondary N) is 1. The first-order valence-electron chi connectivity index (χ1n) is 4.93. The lowest BCUT2D eigenvalue weighted by Gasteiger charge is -2.20. The molecule has 84 valence electrons. The normalized spacial score (nSPS) is 16.7. The van der Waals surface area contributed by atoms with E-state index < -0.39 is 0 Å². The lowest BCUT2D eigenvalue weighted by atomic mass is 10.3. The molecule has 0 aliphatic carbocycles. The minimum Gasteiger partial charge on any atom is -0.355 e. The standard InChI is InChI=1S/C10H14FN3.ClH/c11-9-2-3-10(13-8-9)14-6-1-4-12-5-7-14;/h2-3,8,12H,1,4-7H2;1H. The number of hydrogen-bond donors (Lipinski definition) is 1. The average molecular weight is 232 g/mol. The van der Waals surface area contributed by atoms with Gasteiger partial charge in [-0.2, -0.15) is 0 Å². The van der Waals surface area contributed by atoms with E-state index in [1.165, 1.54) is 12.3 Å². The summed E-state index contributed by atoms with van der Waals surface area (Å²) < 4.78 is 12.6. The van der Waals surface area contributed by atoms with Gasteiger partial charge in [0.1, 0.15) is 11.6 Å². The maximum Gasteiger partial charge on any atom is 0.141 e. The molecule has 1 aliphatic heterocycles. The minimum atomic E-state index is -0.276. The number of aromatic nitrogens is 1. The molecule has 0 atom stereocenters. The minimum absolute atomic E-state index is 0. The predicted octanol–water partition coefficient (Wildman–Crippen LogP) is 1.44. The van der Waals surface area contributed by atoms with Crippen LogP contribution in [0.5, 0.6) is 0 Å². The quantitative estimate of drug-likeness (QED) is 0.793. The highest BCUT2D eigenvalue weighted by Gasteiger charge is 2.09. The molecule has 0 bridgehead atoms. The highest BCUT2D eigenvalue weighted by atomic mass is 35.5. The van der Waals surface area contributed by atoms with E-state index in [-0.39, 0.29) is 18.2 Å². The molecule has 15 heavy (non-hydrogen) atoms. The number of anilines is 1. The van der Waals surface area contributed by atoms with Crippen LogP contribution < -0.4 is 10.2 Å². The van der Waals surface area contributed by atoms with Gasteiger partial charge in [0.25, 0.3) is 0 Å². The highest BCUT2D eigenvalue weighted by Crippen LogP contribution is 2.11. The van der Waals surface area contributed by atoms with Gasteiger partial charge in [-0.1, -0.05) is 0 Å². The van der Waals surface area contributed by atoms with Crippen molar-refractivity contribution in [3.63, 3.8) is 0 Å². The molecule has 1 N–H and O–H groups in total. The molecule has 0 aromatic carbocycles. The first kappa shape index (κ1) is 12.2. The van der Waals surface area contributed by atoms with E-state index in [1.807, 2.05) is 0 Å². The van der Waals surface area contributed by atoms with Crippen molar-refractivity contribution < 1.29 is 4.39 Å². The van der Waals surface area contributed by atoms with Crippen LogP contribution in [-0.2, 0) is 0 Å². The van der Waals surface area contributed by atoms with Gasteiger partial charge >= 0.3 is 0 Å². The Kier molecular flexibility index (Phi) is 4.78. The second-order valence-corrected chi connectivity index (χ2v) is 3.43. The summed E-state index contributed by atoms with van der Waals surface area (Å²) in [5.41, 5.74) is 0. The maximum absolute atomic E-state index is 12.6. The second-order valence-electron chi connectivity index (χ2n) is 3.43. The number of rotatable bonds is 1. The van der Waals surface area contributed by atoms with Crippen LogP contribution in [0.4, 0.5) is 10.2 Å². The molecule has 1 fully saturated rings. The fourth-order valence-corrected chi connectivity index (χ4v) is 1.63. The molecule has 1 aliphatic rings. The summed E-state index contributed by atoms with van der Waals surface area (Å²) in [4.78, 5) is 6.25. The number of nitrogens with zero attached hydrogens (tertiary/aromatic N) is 2. The largest absolute Gasteiger partial charge is 0.355 e. The van der Waals surface area contributed by atoms with Gasteiger partial charge < -0.3 is 10.2 Å². The van der Waals surface area contributed by atoms with E-state index >= 15 is 0 Å². The molecule has 0 amide bonds. The van der Waals surface area contributed by atoms with E-state index in [2.05, 4.69) is 15.2 Å². The zero-order valence-corrected chi connectivity index (χ0v) is 9.26. The maximum atomic E-state index is 12.6. The molecule has 0 unspecified atom stereocenters. The summed E-state index contributed by atoms with van der Waals surface area (Å²) in [6.07, 6.45) is 2.38. The van der Waals surface area contributed by atoms with E-state index in [1.54, 1.807) is 6.07 Å². The number of halogens is 2. The topological polar surface area (TPSA) is 28.2 Å². The van der Waals surface area contributed by atoms with Crippen molar-refractivity contribution in [2.45, 2.75) is 6.42 Å². The van der Waals surface area contributed by atoms with Gasteiger partial charge in [0.2, 0.25) is 0 Å². The molecular formula is C10H15ClFN3. The fourth-order valence-electron chi connectivity index (χ4n) is 1.63. The summed E-state index contributed by atoms with van der Waals surface area (Å²) in [7, 11) is 0. The van der Waals surface area contributed by atoms with Crippen LogP contribution in [0.3, 0.4) is 0 Å². The van der Waals surface area contributed by atoms with Gasteiger partial charge in [0.05, 0.1) is 6.20 Å². The van der Waals surface area contributed by atoms with E-state index in [9.17, 15) is 4.39 Å². The first-order chi connectivity index (χ1) is 6.86. The number of pyridine rings is 1. The third kappa shape index (κ3) is 3.32. The molecule has 2 heterocycles. The van der Waals surface area contributed by atoms with Gasteiger partial charge in [0.15, 0.2) is 0 Å². The van der Waals surface area contributed by atoms with E-state index in [0.717, 1.165) is 38.4 Å². The smallest absolute Gasteiger partial charge is 0.141 e. The summed E-state index contributed by atoms with van der Waals surface area (Å²) in [6.45, 7) is 3.96. The van der Waals surface area contributed by atoms with Gasteiger partial charge in [-0.25, -0.2) is 9.37 Å². The molecular weight excluding hydrogens is 217 g/mol. The third-order valence-electron chi connectivity index (χ3n) is 2.38. The Hall–Kier alpha value is -0.870. The van der Waals surface area contributed by atoms with Crippen LogP contribution in [-0.4, -0.2) is 31.2 Å². The van der Waals surface area contributed by atoms with E-state index in [4.69, 9.17) is 0 Å². The average Bonchev–Trinajstić information content (AvgIpc) is 2.47. The summed E-state index contributed by atoms with van der Waals surface area (Å²) in [5, 5.41) is 3.31. The Labute approximate surface area is 95.1 Å². The zero-order valence-electron chi connectivity index (χ0n) is 8.45. The Balaban J connectivity index is 0.00000112. The van der Waals surface area contributed by atoms with Gasteiger partial charge in [0, 0.05) is 19.6 Å². The molecule has 0 spiro atoms. The van der Waals surface area contributed by atoms with Crippen molar-refractivity contribution in [2.75, 3.05) is 31.1 Å². The third-order valence-corrected chi connectivity index (χ3v) is 2.38. The fraction of sp³-hybridized carbons (Fsp3) is 0.500. The van der Waals surface area contributed by atoms with Crippen LogP contribution in [0.15, 0.2) is 18.3 Å². The molecule has 0 saturated carbocycles. The summed E-state index contributed by atoms with van der Waals surface area (Å²) in [6, 6.07) is 3.20. The Morgan fingerprint density at radius 2 is 2.13 bits per heavy atom. The molecule has 2 rings (SSSR count). The van der Waals surface area contributed by atoms with Crippen LogP contribution >= 0.6 is 12.4 Å². The van der Waals surface area contributed by atoms with Crippen LogP contribution in [0, 0.1) is 5.82 Å². The van der Waals surface area contributed by atoms with E-state index in [0.29, 0.717) is 0 Å². The van der Waals surface area contributed by atoms with Crippen LogP contribution in [0.1, 0.15) is 6.42 Å².